The van der Waals surface area contributed by atoms with Gasteiger partial charge in [0.15, 0.2) is 5.76 Å². The first kappa shape index (κ1) is 19.8. The molecule has 26 heavy (non-hydrogen) atoms. The Hall–Kier alpha value is -2.53. The van der Waals surface area contributed by atoms with Crippen LogP contribution in [0.1, 0.15) is 35.7 Å². The van der Waals surface area contributed by atoms with Crippen molar-refractivity contribution in [1.29, 1.82) is 0 Å². The maximum Gasteiger partial charge on any atom is 0.287 e. The average Bonchev–Trinajstić information content (AvgIpc) is 3.14. The normalized spacial score (nSPS) is 10.7. The number of furan rings is 1. The highest BCUT2D eigenvalue weighted by Crippen LogP contribution is 2.20. The largest absolute Gasteiger partial charge is 0.485 e. The Morgan fingerprint density at radius 1 is 1.23 bits per heavy atom. The van der Waals surface area contributed by atoms with Gasteiger partial charge in [0.2, 0.25) is 0 Å². The highest BCUT2D eigenvalue weighted by atomic mass is 16.5. The van der Waals surface area contributed by atoms with Crippen LogP contribution in [0, 0.1) is 0 Å². The minimum Gasteiger partial charge on any atom is -0.485 e. The summed E-state index contributed by atoms with van der Waals surface area (Å²) in [4.78, 5) is 14.4. The second-order valence-electron chi connectivity index (χ2n) is 5.94. The Morgan fingerprint density at radius 2 is 2.00 bits per heavy atom. The molecule has 1 aromatic carbocycles. The van der Waals surface area contributed by atoms with Crippen molar-refractivity contribution < 1.29 is 13.9 Å². The maximum atomic E-state index is 12.2. The molecule has 1 amide bonds. The predicted octanol–water partition coefficient (Wildman–Crippen LogP) is 3.66. The monoisotopic (exact) mass is 356 g/mol. The number of carbonyl (C=O) groups excluding carboxylic acids is 1. The molecule has 140 valence electrons. The van der Waals surface area contributed by atoms with Crippen molar-refractivity contribution in [2.24, 2.45) is 0 Å². The summed E-state index contributed by atoms with van der Waals surface area (Å²) in [5.74, 6) is 1.53. The molecule has 0 radical (unpaired) electrons. The standard InChI is InChI=1S/C21H28N2O3/c1-4-9-17-10-7-8-11-19(17)25-16-18-12-13-20(26-18)21(24)22-14-15-23(5-2)6-3/h4,7-8,10-13H,1,5-6,9,14-16H2,2-3H3,(H,22,24). The van der Waals surface area contributed by atoms with Gasteiger partial charge in [-0.1, -0.05) is 38.1 Å². The van der Waals surface area contributed by atoms with E-state index in [-0.39, 0.29) is 12.5 Å². The first-order chi connectivity index (χ1) is 12.7. The van der Waals surface area contributed by atoms with E-state index in [9.17, 15) is 4.79 Å². The van der Waals surface area contributed by atoms with Crippen LogP contribution >= 0.6 is 0 Å². The van der Waals surface area contributed by atoms with Crippen LogP contribution in [-0.2, 0) is 13.0 Å². The van der Waals surface area contributed by atoms with Crippen molar-refractivity contribution in [3.8, 4) is 5.75 Å². The maximum absolute atomic E-state index is 12.2. The van der Waals surface area contributed by atoms with Crippen molar-refractivity contribution in [2.75, 3.05) is 26.2 Å². The van der Waals surface area contributed by atoms with Crippen LogP contribution in [0.25, 0.3) is 0 Å². The van der Waals surface area contributed by atoms with Gasteiger partial charge in [0.05, 0.1) is 0 Å². The topological polar surface area (TPSA) is 54.7 Å². The fourth-order valence-electron chi connectivity index (χ4n) is 2.65. The third-order valence-corrected chi connectivity index (χ3v) is 4.20. The molecular formula is C21H28N2O3. The molecule has 0 aliphatic heterocycles. The molecule has 1 heterocycles. The van der Waals surface area contributed by atoms with E-state index in [2.05, 4.69) is 30.6 Å². The summed E-state index contributed by atoms with van der Waals surface area (Å²) in [6.07, 6.45) is 2.59. The summed E-state index contributed by atoms with van der Waals surface area (Å²) in [5.41, 5.74) is 1.07. The lowest BCUT2D eigenvalue weighted by Crippen LogP contribution is -2.34. The van der Waals surface area contributed by atoms with E-state index in [1.807, 2.05) is 30.3 Å². The fraction of sp³-hybridized carbons (Fsp3) is 0.381. The molecule has 1 N–H and O–H groups in total. The van der Waals surface area contributed by atoms with Gasteiger partial charge >= 0.3 is 0 Å². The number of ether oxygens (including phenoxy) is 1. The summed E-state index contributed by atoms with van der Waals surface area (Å²) < 4.78 is 11.4. The Balaban J connectivity index is 1.85. The third-order valence-electron chi connectivity index (χ3n) is 4.20. The predicted molar refractivity (Wildman–Crippen MR) is 104 cm³/mol. The lowest BCUT2D eigenvalue weighted by Gasteiger charge is -2.17. The Labute approximate surface area is 155 Å². The van der Waals surface area contributed by atoms with Crippen LogP contribution in [0.5, 0.6) is 5.75 Å². The molecule has 5 nitrogen and oxygen atoms in total. The SMILES string of the molecule is C=CCc1ccccc1OCc1ccc(C(=O)NCCN(CC)CC)o1. The van der Waals surface area contributed by atoms with Crippen molar-refractivity contribution in [3.05, 3.63) is 66.1 Å². The molecule has 0 saturated heterocycles. The average molecular weight is 356 g/mol. The molecule has 0 unspecified atom stereocenters. The summed E-state index contributed by atoms with van der Waals surface area (Å²) >= 11 is 0. The van der Waals surface area contributed by atoms with Crippen LogP contribution in [0.4, 0.5) is 0 Å². The highest BCUT2D eigenvalue weighted by molar-refractivity contribution is 5.91. The van der Waals surface area contributed by atoms with E-state index >= 15 is 0 Å². The number of likely N-dealkylation sites (N-methyl/N-ethyl adjacent to an activating group) is 1. The summed E-state index contributed by atoms with van der Waals surface area (Å²) in [7, 11) is 0. The van der Waals surface area contributed by atoms with Crippen LogP contribution in [-0.4, -0.2) is 37.0 Å². The molecule has 2 aromatic rings. The van der Waals surface area contributed by atoms with Gasteiger partial charge in [-0.15, -0.1) is 6.58 Å². The van der Waals surface area contributed by atoms with Gasteiger partial charge in [0.1, 0.15) is 18.1 Å². The summed E-state index contributed by atoms with van der Waals surface area (Å²) in [5, 5.41) is 2.88. The molecule has 2 rings (SSSR count). The van der Waals surface area contributed by atoms with Crippen LogP contribution in [0.3, 0.4) is 0 Å². The van der Waals surface area contributed by atoms with Crippen LogP contribution in [0.2, 0.25) is 0 Å². The second-order valence-corrected chi connectivity index (χ2v) is 5.94. The molecule has 0 aliphatic rings. The van der Waals surface area contributed by atoms with E-state index in [4.69, 9.17) is 9.15 Å². The van der Waals surface area contributed by atoms with E-state index in [1.54, 1.807) is 12.1 Å². The zero-order valence-corrected chi connectivity index (χ0v) is 15.7. The molecule has 5 heteroatoms. The number of para-hydroxylation sites is 1. The molecule has 0 aliphatic carbocycles. The van der Waals surface area contributed by atoms with Crippen molar-refractivity contribution in [3.63, 3.8) is 0 Å². The molecule has 0 saturated carbocycles. The summed E-state index contributed by atoms with van der Waals surface area (Å²) in [6, 6.07) is 11.3. The van der Waals surface area contributed by atoms with Gasteiger partial charge in [-0.3, -0.25) is 4.79 Å². The second kappa shape index (κ2) is 10.5. The number of hydrogen-bond donors (Lipinski definition) is 1. The first-order valence-electron chi connectivity index (χ1n) is 9.08. The van der Waals surface area contributed by atoms with Crippen molar-refractivity contribution in [1.82, 2.24) is 10.2 Å². The van der Waals surface area contributed by atoms with Gasteiger partial charge in [-0.2, -0.15) is 0 Å². The van der Waals surface area contributed by atoms with Gasteiger partial charge in [-0.05, 0) is 43.3 Å². The zero-order valence-electron chi connectivity index (χ0n) is 15.7. The number of hydrogen-bond acceptors (Lipinski definition) is 4. The van der Waals surface area contributed by atoms with Crippen LogP contribution < -0.4 is 10.1 Å². The Kier molecular flexibility index (Phi) is 7.96. The molecule has 0 spiro atoms. The third kappa shape index (κ3) is 5.77. The number of allylic oxidation sites excluding steroid dienone is 1. The van der Waals surface area contributed by atoms with E-state index in [0.717, 1.165) is 37.4 Å². The molecular weight excluding hydrogens is 328 g/mol. The molecule has 0 fully saturated rings. The van der Waals surface area contributed by atoms with Gasteiger partial charge in [0, 0.05) is 13.1 Å². The summed E-state index contributed by atoms with van der Waals surface area (Å²) in [6.45, 7) is 11.6. The number of amides is 1. The van der Waals surface area contributed by atoms with E-state index in [0.29, 0.717) is 18.1 Å². The van der Waals surface area contributed by atoms with Gasteiger partial charge in [-0.25, -0.2) is 0 Å². The van der Waals surface area contributed by atoms with Gasteiger partial charge in [0.25, 0.3) is 5.91 Å². The smallest absolute Gasteiger partial charge is 0.287 e. The van der Waals surface area contributed by atoms with Gasteiger partial charge < -0.3 is 19.4 Å². The number of rotatable bonds is 11. The highest BCUT2D eigenvalue weighted by Gasteiger charge is 2.12. The number of nitrogens with zero attached hydrogens (tertiary/aromatic N) is 1. The quantitative estimate of drug-likeness (QED) is 0.624. The molecule has 1 aromatic heterocycles. The Bertz CT molecular complexity index is 705. The fourth-order valence-corrected chi connectivity index (χ4v) is 2.65. The molecule has 0 bridgehead atoms. The lowest BCUT2D eigenvalue weighted by molar-refractivity contribution is 0.0917. The van der Waals surface area contributed by atoms with E-state index < -0.39 is 0 Å². The first-order valence-corrected chi connectivity index (χ1v) is 9.08. The lowest BCUT2D eigenvalue weighted by atomic mass is 10.1. The minimum absolute atomic E-state index is 0.199. The minimum atomic E-state index is -0.199. The Morgan fingerprint density at radius 3 is 2.73 bits per heavy atom. The van der Waals surface area contributed by atoms with E-state index in [1.165, 1.54) is 0 Å². The number of nitrogens with one attached hydrogen (secondary N) is 1. The van der Waals surface area contributed by atoms with Crippen LogP contribution in [0.15, 0.2) is 53.5 Å². The zero-order chi connectivity index (χ0) is 18.8. The number of carbonyl (C=O) groups is 1. The molecule has 0 atom stereocenters. The van der Waals surface area contributed by atoms with Crippen molar-refractivity contribution in [2.45, 2.75) is 26.9 Å². The van der Waals surface area contributed by atoms with Crippen molar-refractivity contribution >= 4 is 5.91 Å². The number of benzene rings is 1.